The summed E-state index contributed by atoms with van der Waals surface area (Å²) in [5.74, 6) is 0. The van der Waals surface area contributed by atoms with Gasteiger partial charge in [0.15, 0.2) is 0 Å². The summed E-state index contributed by atoms with van der Waals surface area (Å²) in [6.07, 6.45) is 0. The van der Waals surface area contributed by atoms with Crippen LogP contribution in [0.3, 0.4) is 0 Å². The van der Waals surface area contributed by atoms with E-state index in [-0.39, 0.29) is 12.6 Å². The number of hydrogen-bond donors (Lipinski definition) is 2. The maximum Gasteiger partial charge on any atom is 0.250 e. The quantitative estimate of drug-likeness (QED) is 0.790. The van der Waals surface area contributed by atoms with Crippen molar-refractivity contribution in [3.05, 3.63) is 44.7 Å². The highest BCUT2D eigenvalue weighted by Gasteiger charge is 2.23. The Morgan fingerprint density at radius 1 is 1.15 bits per heavy atom. The van der Waals surface area contributed by atoms with Gasteiger partial charge in [0, 0.05) is 25.8 Å². The van der Waals surface area contributed by atoms with Crippen molar-refractivity contribution in [3.63, 3.8) is 0 Å². The molecule has 0 aromatic heterocycles. The van der Waals surface area contributed by atoms with Crippen LogP contribution in [0.2, 0.25) is 0 Å². The van der Waals surface area contributed by atoms with Crippen molar-refractivity contribution >= 4 is 11.4 Å². The number of benzene rings is 1. The van der Waals surface area contributed by atoms with E-state index in [1.807, 2.05) is 43.3 Å². The van der Waals surface area contributed by atoms with Crippen LogP contribution in [0.25, 0.3) is 11.1 Å². The minimum absolute atomic E-state index is 0.0994. The number of nitrogens with one attached hydrogen (secondary N) is 1. The number of aliphatic hydroxyl groups excluding tert-OH is 1. The van der Waals surface area contributed by atoms with Crippen LogP contribution in [0, 0.1) is 0 Å². The minimum Gasteiger partial charge on any atom is -0.394 e. The van der Waals surface area contributed by atoms with E-state index in [0.29, 0.717) is 16.8 Å². The first-order valence-electron chi connectivity index (χ1n) is 6.44. The molecular formula is C15H18N2O3. The molecular weight excluding hydrogens is 256 g/mol. The molecule has 0 unspecified atom stereocenters. The van der Waals surface area contributed by atoms with E-state index in [9.17, 15) is 9.59 Å². The molecule has 0 saturated carbocycles. The van der Waals surface area contributed by atoms with Gasteiger partial charge in [0.2, 0.25) is 10.9 Å². The molecule has 1 atom stereocenters. The van der Waals surface area contributed by atoms with Crippen molar-refractivity contribution in [3.8, 4) is 11.1 Å². The fourth-order valence-electron chi connectivity index (χ4n) is 2.02. The summed E-state index contributed by atoms with van der Waals surface area (Å²) >= 11 is 0. The lowest BCUT2D eigenvalue weighted by atomic mass is 9.98. The van der Waals surface area contributed by atoms with E-state index in [0.717, 1.165) is 5.69 Å². The highest BCUT2D eigenvalue weighted by atomic mass is 16.3. The Bertz CT molecular complexity index is 667. The van der Waals surface area contributed by atoms with Gasteiger partial charge in [-0.1, -0.05) is 12.1 Å². The van der Waals surface area contributed by atoms with Crippen molar-refractivity contribution in [2.24, 2.45) is 0 Å². The zero-order valence-electron chi connectivity index (χ0n) is 11.8. The van der Waals surface area contributed by atoms with Crippen LogP contribution in [0.4, 0.5) is 11.4 Å². The van der Waals surface area contributed by atoms with Crippen LogP contribution < -0.4 is 21.1 Å². The first kappa shape index (κ1) is 14.3. The van der Waals surface area contributed by atoms with Crippen molar-refractivity contribution in [2.45, 2.75) is 13.0 Å². The standard InChI is InChI=1S/C15H18N2O3/c1-9(8-18)16-13-12(14(19)15(13)20)10-4-6-11(7-5-10)17(2)3/h4-7,9,16,18H,8H2,1-3H3/t9-/m1/s1. The van der Waals surface area contributed by atoms with E-state index in [1.165, 1.54) is 0 Å². The van der Waals surface area contributed by atoms with E-state index in [4.69, 9.17) is 5.11 Å². The van der Waals surface area contributed by atoms with Gasteiger partial charge in [-0.3, -0.25) is 9.59 Å². The molecule has 2 N–H and O–H groups in total. The van der Waals surface area contributed by atoms with Crippen LogP contribution >= 0.6 is 0 Å². The molecule has 0 bridgehead atoms. The summed E-state index contributed by atoms with van der Waals surface area (Å²) in [5.41, 5.74) is 1.44. The second-order valence-electron chi connectivity index (χ2n) is 5.08. The number of hydrogen-bond acceptors (Lipinski definition) is 5. The van der Waals surface area contributed by atoms with Gasteiger partial charge in [-0.2, -0.15) is 0 Å². The minimum atomic E-state index is -0.517. The average molecular weight is 274 g/mol. The zero-order chi connectivity index (χ0) is 14.9. The average Bonchev–Trinajstić information content (AvgIpc) is 2.46. The molecule has 0 spiro atoms. The third-order valence-corrected chi connectivity index (χ3v) is 3.25. The number of rotatable bonds is 5. The normalized spacial score (nSPS) is 12.4. The van der Waals surface area contributed by atoms with Gasteiger partial charge >= 0.3 is 0 Å². The Balaban J connectivity index is 2.36. The van der Waals surface area contributed by atoms with Crippen LogP contribution in [-0.4, -0.2) is 31.9 Å². The second kappa shape index (κ2) is 5.46. The molecule has 0 heterocycles. The van der Waals surface area contributed by atoms with Gasteiger partial charge in [-0.05, 0) is 24.6 Å². The van der Waals surface area contributed by atoms with Gasteiger partial charge in [0.25, 0.3) is 0 Å². The molecule has 0 saturated heterocycles. The Kier molecular flexibility index (Phi) is 3.90. The largest absolute Gasteiger partial charge is 0.394 e. The highest BCUT2D eigenvalue weighted by molar-refractivity contribution is 5.82. The summed E-state index contributed by atoms with van der Waals surface area (Å²) in [5, 5.41) is 11.9. The lowest BCUT2D eigenvalue weighted by Crippen LogP contribution is -2.38. The molecule has 0 fully saturated rings. The van der Waals surface area contributed by atoms with E-state index in [1.54, 1.807) is 6.92 Å². The van der Waals surface area contributed by atoms with Crippen LogP contribution in [0.15, 0.2) is 33.9 Å². The summed E-state index contributed by atoms with van der Waals surface area (Å²) in [6.45, 7) is 1.65. The van der Waals surface area contributed by atoms with Gasteiger partial charge < -0.3 is 15.3 Å². The molecule has 0 aliphatic heterocycles. The number of aliphatic hydroxyl groups is 1. The third kappa shape index (κ3) is 2.44. The molecule has 0 aliphatic rings. The summed E-state index contributed by atoms with van der Waals surface area (Å²) in [4.78, 5) is 25.3. The van der Waals surface area contributed by atoms with E-state index < -0.39 is 10.9 Å². The Morgan fingerprint density at radius 2 is 1.75 bits per heavy atom. The van der Waals surface area contributed by atoms with Crippen molar-refractivity contribution in [2.75, 3.05) is 30.9 Å². The van der Waals surface area contributed by atoms with Crippen molar-refractivity contribution in [1.82, 2.24) is 0 Å². The first-order valence-corrected chi connectivity index (χ1v) is 6.44. The lowest BCUT2D eigenvalue weighted by Gasteiger charge is -2.18. The summed E-state index contributed by atoms with van der Waals surface area (Å²) < 4.78 is 0. The Morgan fingerprint density at radius 3 is 2.25 bits per heavy atom. The van der Waals surface area contributed by atoms with Gasteiger partial charge in [0.1, 0.15) is 0 Å². The predicted octanol–water partition coefficient (Wildman–Crippen LogP) is 0.808. The summed E-state index contributed by atoms with van der Waals surface area (Å²) in [6, 6.07) is 7.16. The molecule has 0 amide bonds. The molecule has 20 heavy (non-hydrogen) atoms. The van der Waals surface area contributed by atoms with E-state index in [2.05, 4.69) is 5.32 Å². The molecule has 5 heteroatoms. The number of nitrogens with zero attached hydrogens (tertiary/aromatic N) is 1. The molecule has 2 aromatic rings. The smallest absolute Gasteiger partial charge is 0.250 e. The van der Waals surface area contributed by atoms with Crippen molar-refractivity contribution in [1.29, 1.82) is 0 Å². The Hall–Kier alpha value is -2.14. The Labute approximate surface area is 117 Å². The third-order valence-electron chi connectivity index (χ3n) is 3.25. The van der Waals surface area contributed by atoms with Crippen LogP contribution in [-0.2, 0) is 0 Å². The summed E-state index contributed by atoms with van der Waals surface area (Å²) in [7, 11) is 3.87. The van der Waals surface area contributed by atoms with Crippen molar-refractivity contribution < 1.29 is 5.11 Å². The molecule has 106 valence electrons. The highest BCUT2D eigenvalue weighted by Crippen LogP contribution is 2.26. The van der Waals surface area contributed by atoms with E-state index >= 15 is 0 Å². The molecule has 5 nitrogen and oxygen atoms in total. The monoisotopic (exact) mass is 274 g/mol. The fraction of sp³-hybridized carbons (Fsp3) is 0.333. The number of anilines is 2. The van der Waals surface area contributed by atoms with Gasteiger partial charge in [-0.15, -0.1) is 0 Å². The van der Waals surface area contributed by atoms with Crippen LogP contribution in [0.5, 0.6) is 0 Å². The maximum atomic E-state index is 11.7. The maximum absolute atomic E-state index is 11.7. The molecule has 2 aromatic carbocycles. The molecule has 2 rings (SSSR count). The molecule has 0 radical (unpaired) electrons. The molecule has 0 aliphatic carbocycles. The van der Waals surface area contributed by atoms with Gasteiger partial charge in [-0.25, -0.2) is 0 Å². The second-order valence-corrected chi connectivity index (χ2v) is 5.08. The fourth-order valence-corrected chi connectivity index (χ4v) is 2.02. The SMILES string of the molecule is C[C@H](CO)Nc1c(-c2ccc(N(C)C)cc2)c(=O)c1=O. The predicted molar refractivity (Wildman–Crippen MR) is 81.3 cm³/mol. The first-order chi connectivity index (χ1) is 9.45. The lowest BCUT2D eigenvalue weighted by molar-refractivity contribution is 0.281. The van der Waals surface area contributed by atoms with Gasteiger partial charge in [0.05, 0.1) is 17.9 Å². The zero-order valence-corrected chi connectivity index (χ0v) is 11.8. The topological polar surface area (TPSA) is 69.6 Å². The van der Waals surface area contributed by atoms with Crippen LogP contribution in [0.1, 0.15) is 6.92 Å².